The highest BCUT2D eigenvalue weighted by molar-refractivity contribution is 7.99. The van der Waals surface area contributed by atoms with Crippen LogP contribution < -0.4 is 5.32 Å². The monoisotopic (exact) mass is 314 g/mol. The smallest absolute Gasteiger partial charge is 0.231 e. The largest absolute Gasteiger partial charge is 0.337 e. The molecule has 1 aromatic carbocycles. The maximum Gasteiger partial charge on any atom is 0.231 e. The van der Waals surface area contributed by atoms with Gasteiger partial charge in [-0.15, -0.1) is 0 Å². The molecule has 1 aromatic heterocycles. The molecule has 0 aliphatic heterocycles. The number of hydrogen-bond donors (Lipinski definition) is 1. The van der Waals surface area contributed by atoms with Gasteiger partial charge < -0.3 is 9.88 Å². The highest BCUT2D eigenvalue weighted by Crippen LogP contribution is 2.39. The number of imidazole rings is 1. The van der Waals surface area contributed by atoms with E-state index in [1.165, 1.54) is 11.8 Å². The van der Waals surface area contributed by atoms with Gasteiger partial charge in [-0.05, 0) is 37.8 Å². The van der Waals surface area contributed by atoms with Crippen LogP contribution in [0.3, 0.4) is 0 Å². The fourth-order valence-corrected chi connectivity index (χ4v) is 3.38. The van der Waals surface area contributed by atoms with E-state index in [0.29, 0.717) is 5.92 Å². The number of fused-ring (bicyclic) bond motifs is 1. The van der Waals surface area contributed by atoms with Gasteiger partial charge in [-0.3, -0.25) is 4.79 Å². The summed E-state index contributed by atoms with van der Waals surface area (Å²) in [6.45, 7) is 1.81. The van der Waals surface area contributed by atoms with E-state index in [-0.39, 0.29) is 11.7 Å². The second-order valence-electron chi connectivity index (χ2n) is 5.87. The highest BCUT2D eigenvalue weighted by atomic mass is 32.2. The fourth-order valence-electron chi connectivity index (χ4n) is 2.59. The zero-order chi connectivity index (χ0) is 15.7. The van der Waals surface area contributed by atoms with Crippen molar-refractivity contribution in [1.82, 2.24) is 14.9 Å². The van der Waals surface area contributed by atoms with Crippen molar-refractivity contribution < 1.29 is 4.79 Å². The third-order valence-corrected chi connectivity index (χ3v) is 5.13. The SMILES string of the molecule is Cn1c(SCC(=O)N[C@](C)(C#N)C2CC2)nc2ccccc21. The van der Waals surface area contributed by atoms with Crippen molar-refractivity contribution in [2.24, 2.45) is 13.0 Å². The minimum absolute atomic E-state index is 0.118. The summed E-state index contributed by atoms with van der Waals surface area (Å²) in [7, 11) is 1.94. The molecule has 1 N–H and O–H groups in total. The molecule has 1 fully saturated rings. The Balaban J connectivity index is 1.65. The van der Waals surface area contributed by atoms with Gasteiger partial charge in [0.15, 0.2) is 5.16 Å². The molecular weight excluding hydrogens is 296 g/mol. The summed E-state index contributed by atoms with van der Waals surface area (Å²) in [4.78, 5) is 16.7. The number of nitriles is 1. The molecule has 1 aliphatic carbocycles. The summed E-state index contributed by atoms with van der Waals surface area (Å²) >= 11 is 1.39. The Morgan fingerprint density at radius 3 is 2.91 bits per heavy atom. The standard InChI is InChI=1S/C16H18N4OS/c1-16(10-17,11-7-8-11)19-14(21)9-22-15-18-12-5-3-4-6-13(12)20(15)2/h3-6,11H,7-9H2,1-2H3,(H,19,21)/t16-/m1/s1. The maximum atomic E-state index is 12.1. The minimum atomic E-state index is -0.732. The number of carbonyl (C=O) groups is 1. The molecule has 0 bridgehead atoms. The van der Waals surface area contributed by atoms with Crippen molar-refractivity contribution in [2.45, 2.75) is 30.5 Å². The van der Waals surface area contributed by atoms with Crippen LogP contribution in [0.2, 0.25) is 0 Å². The topological polar surface area (TPSA) is 70.7 Å². The summed E-state index contributed by atoms with van der Waals surface area (Å²) in [6.07, 6.45) is 2.03. The Morgan fingerprint density at radius 1 is 1.55 bits per heavy atom. The normalized spacial score (nSPS) is 17.0. The van der Waals surface area contributed by atoms with Crippen molar-refractivity contribution in [1.29, 1.82) is 5.26 Å². The number of hydrogen-bond acceptors (Lipinski definition) is 4. The van der Waals surface area contributed by atoms with Gasteiger partial charge in [0.05, 0.1) is 22.9 Å². The van der Waals surface area contributed by atoms with Crippen LogP contribution in [-0.2, 0) is 11.8 Å². The molecule has 22 heavy (non-hydrogen) atoms. The number of rotatable bonds is 5. The number of nitrogens with zero attached hydrogens (tertiary/aromatic N) is 3. The average molecular weight is 314 g/mol. The molecule has 0 spiro atoms. The van der Waals surface area contributed by atoms with E-state index in [0.717, 1.165) is 29.0 Å². The van der Waals surface area contributed by atoms with Crippen LogP contribution in [0.1, 0.15) is 19.8 Å². The molecule has 3 rings (SSSR count). The number of para-hydroxylation sites is 2. The fraction of sp³-hybridized carbons (Fsp3) is 0.438. The summed E-state index contributed by atoms with van der Waals surface area (Å²) in [6, 6.07) is 10.1. The van der Waals surface area contributed by atoms with Crippen LogP contribution >= 0.6 is 11.8 Å². The Kier molecular flexibility index (Phi) is 3.83. The molecule has 1 atom stereocenters. The molecule has 6 heteroatoms. The zero-order valence-electron chi connectivity index (χ0n) is 12.7. The van der Waals surface area contributed by atoms with E-state index in [4.69, 9.17) is 0 Å². The van der Waals surface area contributed by atoms with E-state index in [1.807, 2.05) is 42.8 Å². The van der Waals surface area contributed by atoms with Gasteiger partial charge in [0.25, 0.3) is 0 Å². The van der Waals surface area contributed by atoms with E-state index in [1.54, 1.807) is 0 Å². The molecule has 1 amide bonds. The summed E-state index contributed by atoms with van der Waals surface area (Å²) < 4.78 is 1.98. The first-order valence-electron chi connectivity index (χ1n) is 7.30. The van der Waals surface area contributed by atoms with Crippen molar-refractivity contribution in [3.8, 4) is 6.07 Å². The Morgan fingerprint density at radius 2 is 2.27 bits per heavy atom. The van der Waals surface area contributed by atoms with Crippen molar-refractivity contribution in [2.75, 3.05) is 5.75 Å². The maximum absolute atomic E-state index is 12.1. The molecule has 0 saturated heterocycles. The van der Waals surface area contributed by atoms with Gasteiger partial charge in [0, 0.05) is 7.05 Å². The van der Waals surface area contributed by atoms with Crippen LogP contribution in [0, 0.1) is 17.2 Å². The Labute approximate surface area is 133 Å². The van der Waals surface area contributed by atoms with E-state index < -0.39 is 5.54 Å². The van der Waals surface area contributed by atoms with Crippen LogP contribution in [0.25, 0.3) is 11.0 Å². The lowest BCUT2D eigenvalue weighted by Crippen LogP contribution is -2.47. The van der Waals surface area contributed by atoms with E-state index in [9.17, 15) is 10.1 Å². The van der Waals surface area contributed by atoms with Crippen molar-refractivity contribution in [3.05, 3.63) is 24.3 Å². The predicted molar refractivity (Wildman–Crippen MR) is 86.3 cm³/mol. The Hall–Kier alpha value is -2.00. The lowest BCUT2D eigenvalue weighted by molar-refractivity contribution is -0.119. The summed E-state index contributed by atoms with van der Waals surface area (Å²) in [5, 5.41) is 13.0. The lowest BCUT2D eigenvalue weighted by atomic mass is 9.98. The van der Waals surface area contributed by atoms with Crippen molar-refractivity contribution >= 4 is 28.7 Å². The molecule has 0 radical (unpaired) electrons. The molecule has 5 nitrogen and oxygen atoms in total. The average Bonchev–Trinajstić information content (AvgIpc) is 3.32. The first-order valence-corrected chi connectivity index (χ1v) is 8.28. The summed E-state index contributed by atoms with van der Waals surface area (Å²) in [5.74, 6) is 0.441. The Bertz CT molecular complexity index is 759. The van der Waals surface area contributed by atoms with Gasteiger partial charge in [-0.25, -0.2) is 4.98 Å². The second kappa shape index (κ2) is 5.65. The molecule has 1 heterocycles. The van der Waals surface area contributed by atoms with Crippen LogP contribution in [0.15, 0.2) is 29.4 Å². The third kappa shape index (κ3) is 2.81. The van der Waals surface area contributed by atoms with Gasteiger partial charge in [0.1, 0.15) is 5.54 Å². The molecule has 2 aromatic rings. The number of carbonyl (C=O) groups excluding carboxylic acids is 1. The quantitative estimate of drug-likeness (QED) is 0.861. The molecule has 1 aliphatic rings. The minimum Gasteiger partial charge on any atom is -0.337 e. The highest BCUT2D eigenvalue weighted by Gasteiger charge is 2.42. The van der Waals surface area contributed by atoms with Gasteiger partial charge in [-0.2, -0.15) is 5.26 Å². The van der Waals surface area contributed by atoms with E-state index in [2.05, 4.69) is 16.4 Å². The number of nitrogens with one attached hydrogen (secondary N) is 1. The molecule has 0 unspecified atom stereocenters. The zero-order valence-corrected chi connectivity index (χ0v) is 13.5. The number of benzene rings is 1. The number of aryl methyl sites for hydroxylation is 1. The number of thioether (sulfide) groups is 1. The molecule has 1 saturated carbocycles. The second-order valence-corrected chi connectivity index (χ2v) is 6.81. The number of aromatic nitrogens is 2. The van der Waals surface area contributed by atoms with Crippen molar-refractivity contribution in [3.63, 3.8) is 0 Å². The van der Waals surface area contributed by atoms with Gasteiger partial charge in [-0.1, -0.05) is 23.9 Å². The van der Waals surface area contributed by atoms with Crippen LogP contribution in [0.4, 0.5) is 0 Å². The molecular formula is C16H18N4OS. The van der Waals surface area contributed by atoms with Gasteiger partial charge in [0.2, 0.25) is 5.91 Å². The third-order valence-electron chi connectivity index (χ3n) is 4.10. The first-order chi connectivity index (χ1) is 10.5. The lowest BCUT2D eigenvalue weighted by Gasteiger charge is -2.22. The summed E-state index contributed by atoms with van der Waals surface area (Å²) in [5.41, 5.74) is 1.24. The van der Waals surface area contributed by atoms with Crippen LogP contribution in [-0.4, -0.2) is 26.8 Å². The number of amides is 1. The van der Waals surface area contributed by atoms with E-state index >= 15 is 0 Å². The molecule has 114 valence electrons. The predicted octanol–water partition coefficient (Wildman–Crippen LogP) is 2.47. The first kappa shape index (κ1) is 14.9. The van der Waals surface area contributed by atoms with Gasteiger partial charge >= 0.3 is 0 Å². The van der Waals surface area contributed by atoms with Crippen LogP contribution in [0.5, 0.6) is 0 Å².